The zero-order valence-electron chi connectivity index (χ0n) is 9.45. The van der Waals surface area contributed by atoms with Crippen LogP contribution in [0.4, 0.5) is 0 Å². The lowest BCUT2D eigenvalue weighted by molar-refractivity contribution is -0.144. The van der Waals surface area contributed by atoms with Crippen molar-refractivity contribution in [1.29, 1.82) is 0 Å². The average Bonchev–Trinajstić information content (AvgIpc) is 2.52. The quantitative estimate of drug-likeness (QED) is 0.572. The molecule has 0 amide bonds. The van der Waals surface area contributed by atoms with Crippen molar-refractivity contribution in [3.05, 3.63) is 0 Å². The molecule has 3 rings (SSSR count). The van der Waals surface area contributed by atoms with E-state index in [0.29, 0.717) is 5.92 Å². The first-order chi connectivity index (χ1) is 7.25. The van der Waals surface area contributed by atoms with E-state index in [1.165, 1.54) is 32.1 Å². The van der Waals surface area contributed by atoms with Gasteiger partial charge >= 0.3 is 5.97 Å². The predicted octanol–water partition coefficient (Wildman–Crippen LogP) is 2.76. The maximum absolute atomic E-state index is 11.5. The third-order valence-corrected chi connectivity index (χ3v) is 4.94. The van der Waals surface area contributed by atoms with Crippen LogP contribution in [0.25, 0.3) is 0 Å². The molecule has 0 bridgehead atoms. The minimum atomic E-state index is 0.0589. The number of carbonyl (C=O) groups is 1. The molecule has 2 heteroatoms. The van der Waals surface area contributed by atoms with Crippen LogP contribution in [0.3, 0.4) is 0 Å². The summed E-state index contributed by atoms with van der Waals surface area (Å²) in [6.07, 6.45) is 8.25. The Labute approximate surface area is 91.4 Å². The van der Waals surface area contributed by atoms with E-state index in [0.717, 1.165) is 18.3 Å². The van der Waals surface area contributed by atoms with Gasteiger partial charge in [0.25, 0.3) is 0 Å². The number of ether oxygens (including phenoxy) is 1. The summed E-state index contributed by atoms with van der Waals surface area (Å²) in [7, 11) is 0. The zero-order valence-corrected chi connectivity index (χ0v) is 9.45. The molecule has 0 aromatic rings. The number of esters is 1. The molecular weight excluding hydrogens is 188 g/mol. The lowest BCUT2D eigenvalue weighted by Crippen LogP contribution is -2.36. The Hall–Kier alpha value is -0.530. The van der Waals surface area contributed by atoms with Crippen LogP contribution in [0.5, 0.6) is 0 Å². The normalized spacial score (nSPS) is 49.4. The summed E-state index contributed by atoms with van der Waals surface area (Å²) in [5, 5.41) is 0. The van der Waals surface area contributed by atoms with Crippen LogP contribution in [0.2, 0.25) is 0 Å². The molecule has 3 aliphatic rings. The number of rotatable bonds is 0. The van der Waals surface area contributed by atoms with Crippen molar-refractivity contribution in [3.63, 3.8) is 0 Å². The van der Waals surface area contributed by atoms with Gasteiger partial charge in [-0.25, -0.2) is 0 Å². The number of hydrogen-bond donors (Lipinski definition) is 0. The van der Waals surface area contributed by atoms with E-state index in [1.54, 1.807) is 0 Å². The van der Waals surface area contributed by atoms with Gasteiger partial charge in [0.1, 0.15) is 6.10 Å². The van der Waals surface area contributed by atoms with Crippen molar-refractivity contribution in [2.45, 2.75) is 51.6 Å². The van der Waals surface area contributed by atoms with Crippen molar-refractivity contribution in [2.75, 3.05) is 0 Å². The first-order valence-electron chi connectivity index (χ1n) is 6.46. The molecule has 2 aliphatic carbocycles. The average molecular weight is 208 g/mol. The smallest absolute Gasteiger partial charge is 0.309 e. The lowest BCUT2D eigenvalue weighted by Gasteiger charge is -2.40. The van der Waals surface area contributed by atoms with Crippen molar-refractivity contribution in [2.24, 2.45) is 23.7 Å². The van der Waals surface area contributed by atoms with Gasteiger partial charge in [0.2, 0.25) is 0 Å². The van der Waals surface area contributed by atoms with E-state index >= 15 is 0 Å². The summed E-state index contributed by atoms with van der Waals surface area (Å²) >= 11 is 0. The van der Waals surface area contributed by atoms with Gasteiger partial charge in [-0.05, 0) is 24.7 Å². The van der Waals surface area contributed by atoms with Crippen LogP contribution >= 0.6 is 0 Å². The molecule has 1 heterocycles. The zero-order chi connectivity index (χ0) is 10.4. The molecular formula is C13H20O2. The second kappa shape index (κ2) is 3.50. The molecule has 84 valence electrons. The molecule has 2 nitrogen and oxygen atoms in total. The second-order valence-corrected chi connectivity index (χ2v) is 5.70. The molecule has 0 spiro atoms. The highest BCUT2D eigenvalue weighted by atomic mass is 16.6. The summed E-state index contributed by atoms with van der Waals surface area (Å²) in [6.45, 7) is 2.05. The van der Waals surface area contributed by atoms with Crippen molar-refractivity contribution in [1.82, 2.24) is 0 Å². The molecule has 4 unspecified atom stereocenters. The molecule has 15 heavy (non-hydrogen) atoms. The predicted molar refractivity (Wildman–Crippen MR) is 57.2 cm³/mol. The topological polar surface area (TPSA) is 26.3 Å². The van der Waals surface area contributed by atoms with Gasteiger partial charge in [0.15, 0.2) is 0 Å². The maximum Gasteiger partial charge on any atom is 0.309 e. The van der Waals surface area contributed by atoms with E-state index in [4.69, 9.17) is 4.74 Å². The molecule has 1 aliphatic heterocycles. The standard InChI is InChI=1S/C13H20O2/c1-8-11-6-9-4-2-3-5-10(9)7-12(11)15-13(8)14/h8-12H,2-7H2,1H3/t8-,9?,10?,11?,12?/m0/s1. The van der Waals surface area contributed by atoms with Crippen molar-refractivity contribution in [3.8, 4) is 0 Å². The van der Waals surface area contributed by atoms with E-state index < -0.39 is 0 Å². The molecule has 2 saturated carbocycles. The van der Waals surface area contributed by atoms with Crippen molar-refractivity contribution < 1.29 is 9.53 Å². The fourth-order valence-electron chi connectivity index (χ4n) is 3.97. The highest BCUT2D eigenvalue weighted by Gasteiger charge is 2.48. The van der Waals surface area contributed by atoms with Gasteiger partial charge in [-0.3, -0.25) is 4.79 Å². The molecule has 0 N–H and O–H groups in total. The third-order valence-electron chi connectivity index (χ3n) is 4.94. The largest absolute Gasteiger partial charge is 0.462 e. The molecule has 0 aromatic heterocycles. The summed E-state index contributed by atoms with van der Waals surface area (Å²) in [4.78, 5) is 11.5. The SMILES string of the molecule is C[C@@H]1C(=O)OC2CC3CCCCC3CC21. The summed E-state index contributed by atoms with van der Waals surface area (Å²) in [5.41, 5.74) is 0. The number of fused-ring (bicyclic) bond motifs is 2. The van der Waals surface area contributed by atoms with Crippen LogP contribution in [0.1, 0.15) is 45.4 Å². The summed E-state index contributed by atoms with van der Waals surface area (Å²) in [5.74, 6) is 2.52. The Morgan fingerprint density at radius 2 is 1.80 bits per heavy atom. The molecule has 3 fully saturated rings. The Morgan fingerprint density at radius 1 is 1.13 bits per heavy atom. The fraction of sp³-hybridized carbons (Fsp3) is 0.923. The van der Waals surface area contributed by atoms with E-state index in [-0.39, 0.29) is 18.0 Å². The number of hydrogen-bond acceptors (Lipinski definition) is 2. The van der Waals surface area contributed by atoms with Gasteiger partial charge < -0.3 is 4.74 Å². The van der Waals surface area contributed by atoms with Gasteiger partial charge in [0, 0.05) is 5.92 Å². The molecule has 0 radical (unpaired) electrons. The van der Waals surface area contributed by atoms with Gasteiger partial charge in [-0.15, -0.1) is 0 Å². The Balaban J connectivity index is 1.76. The summed E-state index contributed by atoms with van der Waals surface area (Å²) < 4.78 is 5.49. The van der Waals surface area contributed by atoms with Crippen LogP contribution in [-0.2, 0) is 9.53 Å². The van der Waals surface area contributed by atoms with Crippen LogP contribution < -0.4 is 0 Å². The van der Waals surface area contributed by atoms with Crippen molar-refractivity contribution >= 4 is 5.97 Å². The Bertz CT molecular complexity index is 274. The number of carbonyl (C=O) groups excluding carboxylic acids is 1. The first-order valence-corrected chi connectivity index (χ1v) is 6.46. The minimum Gasteiger partial charge on any atom is -0.462 e. The van der Waals surface area contributed by atoms with Gasteiger partial charge in [0.05, 0.1) is 5.92 Å². The van der Waals surface area contributed by atoms with Gasteiger partial charge in [-0.2, -0.15) is 0 Å². The Kier molecular flexibility index (Phi) is 2.26. The summed E-state index contributed by atoms with van der Waals surface area (Å²) in [6, 6.07) is 0. The minimum absolute atomic E-state index is 0.0589. The second-order valence-electron chi connectivity index (χ2n) is 5.70. The maximum atomic E-state index is 11.5. The van der Waals surface area contributed by atoms with E-state index in [9.17, 15) is 4.79 Å². The fourth-order valence-corrected chi connectivity index (χ4v) is 3.97. The van der Waals surface area contributed by atoms with Crippen LogP contribution in [-0.4, -0.2) is 12.1 Å². The molecule has 1 saturated heterocycles. The first kappa shape index (κ1) is 9.68. The van der Waals surface area contributed by atoms with E-state index in [1.807, 2.05) is 0 Å². The molecule has 0 aromatic carbocycles. The highest BCUT2D eigenvalue weighted by molar-refractivity contribution is 5.74. The van der Waals surface area contributed by atoms with Crippen LogP contribution in [0.15, 0.2) is 0 Å². The lowest BCUT2D eigenvalue weighted by atomic mass is 9.65. The van der Waals surface area contributed by atoms with Gasteiger partial charge in [-0.1, -0.05) is 32.6 Å². The third kappa shape index (κ3) is 1.49. The van der Waals surface area contributed by atoms with Crippen LogP contribution in [0, 0.1) is 23.7 Å². The Morgan fingerprint density at radius 3 is 2.53 bits per heavy atom. The highest BCUT2D eigenvalue weighted by Crippen LogP contribution is 2.48. The monoisotopic (exact) mass is 208 g/mol. The van der Waals surface area contributed by atoms with E-state index in [2.05, 4.69) is 6.92 Å². The molecule has 5 atom stereocenters.